The Bertz CT molecular complexity index is 317. The maximum Gasteiger partial charge on any atom is 0.408 e. The first-order valence-electron chi connectivity index (χ1n) is 5.95. The number of aliphatic hydroxyl groups excluding tert-OH is 4. The number of carbonyl (C=O) groups is 1. The van der Waals surface area contributed by atoms with Crippen molar-refractivity contribution in [3.8, 4) is 0 Å². The predicted molar refractivity (Wildman–Crippen MR) is 63.1 cm³/mol. The van der Waals surface area contributed by atoms with Gasteiger partial charge >= 0.3 is 6.09 Å². The van der Waals surface area contributed by atoms with E-state index in [0.29, 0.717) is 0 Å². The van der Waals surface area contributed by atoms with Crippen LogP contribution in [0.5, 0.6) is 0 Å². The molecule has 0 saturated carbocycles. The van der Waals surface area contributed by atoms with Gasteiger partial charge in [-0.15, -0.1) is 0 Å². The number of carbonyl (C=O) groups excluding carboxylic acids is 1. The fraction of sp³-hybridized carbons (Fsp3) is 0.909. The molecule has 1 rings (SSSR count). The van der Waals surface area contributed by atoms with Crippen molar-refractivity contribution in [3.63, 3.8) is 0 Å². The third kappa shape index (κ3) is 4.29. The lowest BCUT2D eigenvalue weighted by Gasteiger charge is -2.40. The van der Waals surface area contributed by atoms with E-state index in [9.17, 15) is 20.1 Å². The summed E-state index contributed by atoms with van der Waals surface area (Å²) < 4.78 is 9.85. The van der Waals surface area contributed by atoms with Gasteiger partial charge in [-0.05, 0) is 20.8 Å². The van der Waals surface area contributed by atoms with Crippen molar-refractivity contribution >= 4 is 6.09 Å². The van der Waals surface area contributed by atoms with Crippen LogP contribution < -0.4 is 5.32 Å². The van der Waals surface area contributed by atoms with Crippen molar-refractivity contribution in [2.75, 3.05) is 6.61 Å². The number of ether oxygens (including phenoxy) is 2. The molecule has 0 aromatic carbocycles. The van der Waals surface area contributed by atoms with Gasteiger partial charge in [0.1, 0.15) is 30.0 Å². The van der Waals surface area contributed by atoms with E-state index in [0.717, 1.165) is 0 Å². The highest BCUT2D eigenvalue weighted by atomic mass is 16.6. The summed E-state index contributed by atoms with van der Waals surface area (Å²) in [6.07, 6.45) is -6.42. The summed E-state index contributed by atoms with van der Waals surface area (Å²) in [4.78, 5) is 11.5. The van der Waals surface area contributed by atoms with Crippen LogP contribution in [0.3, 0.4) is 0 Å². The van der Waals surface area contributed by atoms with Gasteiger partial charge in [-0.2, -0.15) is 0 Å². The molecular formula is C11H21NO7. The largest absolute Gasteiger partial charge is 0.444 e. The third-order valence-electron chi connectivity index (χ3n) is 2.58. The molecule has 1 fully saturated rings. The highest BCUT2D eigenvalue weighted by molar-refractivity contribution is 5.68. The van der Waals surface area contributed by atoms with Crippen LogP contribution in [-0.4, -0.2) is 69.4 Å². The fourth-order valence-electron chi connectivity index (χ4n) is 1.70. The van der Waals surface area contributed by atoms with Crippen molar-refractivity contribution in [1.82, 2.24) is 5.32 Å². The molecule has 1 aliphatic rings. The van der Waals surface area contributed by atoms with Crippen LogP contribution in [0.4, 0.5) is 4.79 Å². The number of nitrogens with one attached hydrogen (secondary N) is 1. The second kappa shape index (κ2) is 6.02. The molecule has 5 N–H and O–H groups in total. The van der Waals surface area contributed by atoms with Crippen molar-refractivity contribution in [2.45, 2.75) is 57.0 Å². The van der Waals surface area contributed by atoms with E-state index in [1.165, 1.54) is 0 Å². The van der Waals surface area contributed by atoms with Crippen molar-refractivity contribution in [2.24, 2.45) is 0 Å². The van der Waals surface area contributed by atoms with E-state index in [1.807, 2.05) is 0 Å². The Labute approximate surface area is 110 Å². The van der Waals surface area contributed by atoms with Gasteiger partial charge in [0.25, 0.3) is 0 Å². The molecule has 0 spiro atoms. The van der Waals surface area contributed by atoms with E-state index >= 15 is 0 Å². The van der Waals surface area contributed by atoms with Crippen LogP contribution in [-0.2, 0) is 9.47 Å². The minimum Gasteiger partial charge on any atom is -0.444 e. The molecule has 8 heteroatoms. The zero-order chi connectivity index (χ0) is 14.8. The highest BCUT2D eigenvalue weighted by Gasteiger charge is 2.44. The van der Waals surface area contributed by atoms with Gasteiger partial charge in [-0.1, -0.05) is 0 Å². The van der Waals surface area contributed by atoms with E-state index in [4.69, 9.17) is 14.6 Å². The van der Waals surface area contributed by atoms with Crippen LogP contribution in [0.25, 0.3) is 0 Å². The van der Waals surface area contributed by atoms with E-state index < -0.39 is 48.9 Å². The number of hydrogen-bond acceptors (Lipinski definition) is 7. The van der Waals surface area contributed by atoms with Crippen molar-refractivity contribution in [3.05, 3.63) is 0 Å². The van der Waals surface area contributed by atoms with Crippen molar-refractivity contribution < 1.29 is 34.7 Å². The second-order valence-electron chi connectivity index (χ2n) is 5.40. The number of amides is 1. The summed E-state index contributed by atoms with van der Waals surface area (Å²) >= 11 is 0. The average Bonchev–Trinajstić information content (AvgIpc) is 2.27. The Morgan fingerprint density at radius 3 is 2.32 bits per heavy atom. The number of rotatable bonds is 2. The SMILES string of the molecule is CC(C)(C)OC(=O)N[C@H]1[C@@H](O)[C@H](O)[C@@H](CO)O[C@@H]1O. The fourth-order valence-corrected chi connectivity index (χ4v) is 1.70. The van der Waals surface area contributed by atoms with E-state index in [2.05, 4.69) is 5.32 Å². The van der Waals surface area contributed by atoms with Crippen LogP contribution in [0.15, 0.2) is 0 Å². The molecule has 1 amide bonds. The monoisotopic (exact) mass is 279 g/mol. The molecule has 0 bridgehead atoms. The lowest BCUT2D eigenvalue weighted by Crippen LogP contribution is -2.64. The van der Waals surface area contributed by atoms with Gasteiger partial charge in [-0.25, -0.2) is 4.79 Å². The molecule has 1 aliphatic heterocycles. The Balaban J connectivity index is 2.65. The van der Waals surface area contributed by atoms with Gasteiger partial charge in [0.15, 0.2) is 6.29 Å². The summed E-state index contributed by atoms with van der Waals surface area (Å²) in [5.41, 5.74) is -0.734. The molecular weight excluding hydrogens is 258 g/mol. The molecule has 0 radical (unpaired) electrons. The summed E-state index contributed by atoms with van der Waals surface area (Å²) in [7, 11) is 0. The van der Waals surface area contributed by atoms with Crippen LogP contribution in [0.2, 0.25) is 0 Å². The maximum atomic E-state index is 11.5. The van der Waals surface area contributed by atoms with Gasteiger partial charge in [0.05, 0.1) is 6.61 Å². The predicted octanol–water partition coefficient (Wildman–Crippen LogP) is -1.69. The highest BCUT2D eigenvalue weighted by Crippen LogP contribution is 2.20. The maximum absolute atomic E-state index is 11.5. The Hall–Kier alpha value is -0.930. The molecule has 1 heterocycles. The Kier molecular flexibility index (Phi) is 5.11. The standard InChI is InChI=1S/C11H21NO7/c1-11(2,3)19-10(17)12-6-8(15)7(14)5(4-13)18-9(6)16/h5-9,13-16H,4H2,1-3H3,(H,12,17)/t5-,6+,7-,8-,9+/m1/s1. The van der Waals surface area contributed by atoms with Gasteiger partial charge in [-0.3, -0.25) is 0 Å². The summed E-state index contributed by atoms with van der Waals surface area (Å²) in [5.74, 6) is 0. The summed E-state index contributed by atoms with van der Waals surface area (Å²) in [5, 5.41) is 40.2. The van der Waals surface area contributed by atoms with E-state index in [1.54, 1.807) is 20.8 Å². The smallest absolute Gasteiger partial charge is 0.408 e. The molecule has 0 aromatic rings. The first-order valence-corrected chi connectivity index (χ1v) is 5.95. The summed E-state index contributed by atoms with van der Waals surface area (Å²) in [6.45, 7) is 4.42. The minimum atomic E-state index is -1.55. The zero-order valence-electron chi connectivity index (χ0n) is 11.1. The third-order valence-corrected chi connectivity index (χ3v) is 2.58. The molecule has 0 aromatic heterocycles. The second-order valence-corrected chi connectivity index (χ2v) is 5.40. The van der Waals surface area contributed by atoms with Crippen molar-refractivity contribution in [1.29, 1.82) is 0 Å². The average molecular weight is 279 g/mol. The lowest BCUT2D eigenvalue weighted by molar-refractivity contribution is -0.253. The molecule has 1 saturated heterocycles. The van der Waals surface area contributed by atoms with Crippen LogP contribution in [0, 0.1) is 0 Å². The Morgan fingerprint density at radius 1 is 1.26 bits per heavy atom. The molecule has 5 atom stereocenters. The van der Waals surface area contributed by atoms with Gasteiger partial charge in [0, 0.05) is 0 Å². The van der Waals surface area contributed by atoms with Gasteiger partial charge < -0.3 is 35.2 Å². The van der Waals surface area contributed by atoms with Gasteiger partial charge in [0.2, 0.25) is 0 Å². The molecule has 0 unspecified atom stereocenters. The topological polar surface area (TPSA) is 128 Å². The minimum absolute atomic E-state index is 0.561. The first kappa shape index (κ1) is 16.1. The zero-order valence-corrected chi connectivity index (χ0v) is 11.1. The van der Waals surface area contributed by atoms with Crippen LogP contribution in [0.1, 0.15) is 20.8 Å². The van der Waals surface area contributed by atoms with E-state index in [-0.39, 0.29) is 0 Å². The molecule has 112 valence electrons. The Morgan fingerprint density at radius 2 is 1.84 bits per heavy atom. The normalized spacial score (nSPS) is 35.8. The summed E-state index contributed by atoms with van der Waals surface area (Å²) in [6, 6.07) is -1.24. The number of aliphatic hydroxyl groups is 4. The molecule has 19 heavy (non-hydrogen) atoms. The first-order chi connectivity index (χ1) is 8.65. The lowest BCUT2D eigenvalue weighted by atomic mass is 9.97. The molecule has 8 nitrogen and oxygen atoms in total. The quantitative estimate of drug-likeness (QED) is 0.408. The molecule has 0 aliphatic carbocycles. The number of hydrogen-bond donors (Lipinski definition) is 5. The number of alkyl carbamates (subject to hydrolysis) is 1. The van der Waals surface area contributed by atoms with Crippen LogP contribution >= 0.6 is 0 Å².